The van der Waals surface area contributed by atoms with Crippen LogP contribution in [0.2, 0.25) is 0 Å². The Bertz CT molecular complexity index is 1850. The summed E-state index contributed by atoms with van der Waals surface area (Å²) in [4.78, 5) is 61.9. The molecule has 314 valence electrons. The second kappa shape index (κ2) is 16.7. The molecule has 3 heterocycles. The SMILES string of the molecule is CC(O)C(NC(=O)C12CC3OC(=O)C1N(Cc1ccc(C=COCCO)cc1)OC2C1OC2(Cc4ccccc4C2)OC31)C(=O)NC(CO)CCC(=O)OC(C)(C)C. The number of hydroxylamine groups is 2. The zero-order valence-corrected chi connectivity index (χ0v) is 33.1. The first-order valence-corrected chi connectivity index (χ1v) is 19.8. The molecule has 1 saturated carbocycles. The van der Waals surface area contributed by atoms with Crippen molar-refractivity contribution in [3.63, 3.8) is 0 Å². The molecule has 2 aromatic rings. The zero-order chi connectivity index (χ0) is 41.4. The van der Waals surface area contributed by atoms with Crippen molar-refractivity contribution in [1.29, 1.82) is 0 Å². The Hall–Kier alpha value is -4.42. The van der Waals surface area contributed by atoms with Crippen LogP contribution in [0.5, 0.6) is 0 Å². The molecule has 16 nitrogen and oxygen atoms in total. The van der Waals surface area contributed by atoms with Gasteiger partial charge in [-0.1, -0.05) is 48.5 Å². The van der Waals surface area contributed by atoms with Crippen LogP contribution in [0.25, 0.3) is 6.08 Å². The van der Waals surface area contributed by atoms with Crippen LogP contribution in [0.3, 0.4) is 0 Å². The lowest BCUT2D eigenvalue weighted by atomic mass is 9.62. The van der Waals surface area contributed by atoms with Crippen LogP contribution in [0.1, 0.15) is 69.2 Å². The quantitative estimate of drug-likeness (QED) is 0.0974. The van der Waals surface area contributed by atoms with Gasteiger partial charge in [0.25, 0.3) is 0 Å². The van der Waals surface area contributed by atoms with Crippen LogP contribution in [-0.2, 0) is 67.1 Å². The molecule has 2 bridgehead atoms. The number of amides is 2. The summed E-state index contributed by atoms with van der Waals surface area (Å²) in [5.41, 5.74) is 1.35. The minimum atomic E-state index is -1.64. The van der Waals surface area contributed by atoms with Crippen molar-refractivity contribution in [1.82, 2.24) is 15.7 Å². The first kappa shape index (κ1) is 41.7. The van der Waals surface area contributed by atoms with E-state index in [4.69, 9.17) is 33.6 Å². The van der Waals surface area contributed by atoms with Crippen LogP contribution >= 0.6 is 0 Å². The highest BCUT2D eigenvalue weighted by atomic mass is 16.8. The summed E-state index contributed by atoms with van der Waals surface area (Å²) < 4.78 is 30.1. The van der Waals surface area contributed by atoms with E-state index in [1.165, 1.54) is 18.2 Å². The fourth-order valence-corrected chi connectivity index (χ4v) is 8.79. The maximum atomic E-state index is 15.0. The lowest BCUT2D eigenvalue weighted by Crippen LogP contribution is -2.71. The van der Waals surface area contributed by atoms with Crippen LogP contribution < -0.4 is 10.6 Å². The molecule has 3 saturated heterocycles. The van der Waals surface area contributed by atoms with Gasteiger partial charge in [0.1, 0.15) is 48.1 Å². The van der Waals surface area contributed by atoms with E-state index in [-0.39, 0.29) is 39.0 Å². The molecule has 5 N–H and O–H groups in total. The summed E-state index contributed by atoms with van der Waals surface area (Å²) in [6.45, 7) is 6.16. The number of aliphatic hydroxyl groups is 3. The van der Waals surface area contributed by atoms with Crippen molar-refractivity contribution in [2.45, 2.75) is 126 Å². The number of aliphatic hydroxyl groups excluding tert-OH is 3. The number of nitrogens with zero attached hydrogens (tertiary/aromatic N) is 1. The Kier molecular flexibility index (Phi) is 12.0. The number of hydrogen-bond donors (Lipinski definition) is 5. The number of ether oxygens (including phenoxy) is 5. The Morgan fingerprint density at radius 3 is 2.34 bits per heavy atom. The summed E-state index contributed by atoms with van der Waals surface area (Å²) in [6.07, 6.45) is -0.877. The smallest absolute Gasteiger partial charge is 0.327 e. The summed E-state index contributed by atoms with van der Waals surface area (Å²) in [5.74, 6) is -3.80. The molecule has 2 amide bonds. The van der Waals surface area contributed by atoms with Crippen molar-refractivity contribution < 1.29 is 63.0 Å². The first-order valence-electron chi connectivity index (χ1n) is 19.8. The number of rotatable bonds is 15. The van der Waals surface area contributed by atoms with E-state index in [1.54, 1.807) is 26.8 Å². The number of carbonyl (C=O) groups is 4. The van der Waals surface area contributed by atoms with Crippen LogP contribution in [0.4, 0.5) is 0 Å². The van der Waals surface area contributed by atoms with Crippen molar-refractivity contribution in [3.8, 4) is 0 Å². The number of fused-ring (bicyclic) bond motifs is 5. The highest BCUT2D eigenvalue weighted by Gasteiger charge is 2.76. The Morgan fingerprint density at radius 1 is 1.02 bits per heavy atom. The second-order valence-electron chi connectivity index (χ2n) is 16.8. The van der Waals surface area contributed by atoms with Crippen LogP contribution in [-0.4, -0.2) is 124 Å². The molecule has 4 fully saturated rings. The molecular formula is C42H53N3O13. The van der Waals surface area contributed by atoms with E-state index >= 15 is 0 Å². The average molecular weight is 808 g/mol. The van der Waals surface area contributed by atoms with Crippen LogP contribution in [0.15, 0.2) is 54.8 Å². The first-order chi connectivity index (χ1) is 27.6. The molecule has 2 aromatic carbocycles. The number of carbonyl (C=O) groups excluding carboxylic acids is 4. The Labute approximate surface area is 336 Å². The average Bonchev–Trinajstić information content (AvgIpc) is 3.85. The van der Waals surface area contributed by atoms with Gasteiger partial charge in [-0.3, -0.25) is 24.0 Å². The third-order valence-electron chi connectivity index (χ3n) is 11.3. The summed E-state index contributed by atoms with van der Waals surface area (Å²) in [6, 6.07) is 11.6. The molecule has 1 spiro atoms. The van der Waals surface area contributed by atoms with E-state index in [0.29, 0.717) is 12.8 Å². The van der Waals surface area contributed by atoms with E-state index in [1.807, 2.05) is 48.5 Å². The van der Waals surface area contributed by atoms with Crippen molar-refractivity contribution in [3.05, 3.63) is 77.0 Å². The number of benzene rings is 2. The minimum Gasteiger partial charge on any atom is -0.499 e. The standard InChI is InChI=1S/C42H53N3O13/c1-24(48)32(37(50)43-29(23-47)13-14-31(49)55-40(2,3)4)44-39(52)42-21-30-33-34(57-41(56-33)19-27-7-5-6-8-28(27)20-41)36(42)58-45(35(42)38(51)54-30)22-26-11-9-25(10-12-26)15-17-53-18-16-46/h5-12,15,17,24,29-30,32-36,46-48H,13-14,16,18-23H2,1-4H3,(H,43,50)(H,44,52). The minimum absolute atomic E-state index is 0.00909. The molecule has 58 heavy (non-hydrogen) atoms. The van der Waals surface area contributed by atoms with E-state index in [9.17, 15) is 29.4 Å². The largest absolute Gasteiger partial charge is 0.499 e. The lowest BCUT2D eigenvalue weighted by molar-refractivity contribution is -0.217. The third-order valence-corrected chi connectivity index (χ3v) is 11.3. The zero-order valence-electron chi connectivity index (χ0n) is 33.1. The van der Waals surface area contributed by atoms with Crippen molar-refractivity contribution in [2.75, 3.05) is 19.8 Å². The van der Waals surface area contributed by atoms with Gasteiger partial charge in [0.2, 0.25) is 11.8 Å². The van der Waals surface area contributed by atoms with Crippen LogP contribution in [0, 0.1) is 5.41 Å². The highest BCUT2D eigenvalue weighted by molar-refractivity contribution is 5.96. The van der Waals surface area contributed by atoms with Gasteiger partial charge in [0, 0.05) is 25.7 Å². The molecule has 9 atom stereocenters. The summed E-state index contributed by atoms with van der Waals surface area (Å²) in [7, 11) is 0. The molecule has 0 radical (unpaired) electrons. The fourth-order valence-electron chi connectivity index (χ4n) is 8.79. The summed E-state index contributed by atoms with van der Waals surface area (Å²) >= 11 is 0. The van der Waals surface area contributed by atoms with Gasteiger partial charge < -0.3 is 49.6 Å². The topological polar surface area (TPSA) is 212 Å². The molecule has 16 heteroatoms. The fraction of sp³-hybridized carbons (Fsp3) is 0.571. The molecule has 2 aliphatic carbocycles. The van der Waals surface area contributed by atoms with Gasteiger partial charge in [-0.25, -0.2) is 0 Å². The highest BCUT2D eigenvalue weighted by Crippen LogP contribution is 2.58. The van der Waals surface area contributed by atoms with Gasteiger partial charge in [-0.2, -0.15) is 5.06 Å². The Balaban J connectivity index is 1.15. The lowest BCUT2D eigenvalue weighted by Gasteiger charge is -2.49. The maximum absolute atomic E-state index is 15.0. The van der Waals surface area contributed by atoms with Crippen molar-refractivity contribution in [2.24, 2.45) is 5.41 Å². The van der Waals surface area contributed by atoms with Gasteiger partial charge in [0.15, 0.2) is 11.8 Å². The monoisotopic (exact) mass is 807 g/mol. The maximum Gasteiger partial charge on any atom is 0.327 e. The van der Waals surface area contributed by atoms with Gasteiger partial charge in [-0.05, 0) is 62.4 Å². The molecule has 7 rings (SSSR count). The summed E-state index contributed by atoms with van der Waals surface area (Å²) in [5, 5.41) is 36.7. The second-order valence-corrected chi connectivity index (χ2v) is 16.8. The molecule has 5 aliphatic rings. The normalized spacial score (nSPS) is 28.3. The van der Waals surface area contributed by atoms with Gasteiger partial charge >= 0.3 is 11.9 Å². The van der Waals surface area contributed by atoms with E-state index in [0.717, 1.165) is 22.3 Å². The molecule has 9 unspecified atom stereocenters. The number of nitrogens with one attached hydrogen (secondary N) is 2. The van der Waals surface area contributed by atoms with E-state index in [2.05, 4.69) is 10.6 Å². The third kappa shape index (κ3) is 8.37. The molecule has 3 aliphatic heterocycles. The Morgan fingerprint density at radius 2 is 1.71 bits per heavy atom. The number of esters is 2. The van der Waals surface area contributed by atoms with Crippen molar-refractivity contribution >= 4 is 29.8 Å². The predicted octanol–water partition coefficient (Wildman–Crippen LogP) is 1.21. The van der Waals surface area contributed by atoms with Gasteiger partial charge in [-0.15, -0.1) is 0 Å². The molecule has 0 aromatic heterocycles. The number of hydrogen-bond acceptors (Lipinski definition) is 14. The predicted molar refractivity (Wildman–Crippen MR) is 204 cm³/mol. The van der Waals surface area contributed by atoms with E-state index < -0.39 is 95.8 Å². The molecular weight excluding hydrogens is 754 g/mol. The van der Waals surface area contributed by atoms with Gasteiger partial charge in [0.05, 0.1) is 38.2 Å².